The summed E-state index contributed by atoms with van der Waals surface area (Å²) >= 11 is 0. The minimum atomic E-state index is -0.479. The molecule has 0 saturated carbocycles. The Balaban J connectivity index is 1.52. The van der Waals surface area contributed by atoms with E-state index in [-0.39, 0.29) is 24.4 Å². The number of hydrogen-bond donors (Lipinski definition) is 1. The van der Waals surface area contributed by atoms with Crippen LogP contribution in [-0.2, 0) is 13.0 Å². The number of aliphatic hydroxyl groups excluding tert-OH is 1. The number of anilines is 1. The van der Waals surface area contributed by atoms with E-state index in [0.29, 0.717) is 36.2 Å². The van der Waals surface area contributed by atoms with Crippen molar-refractivity contribution >= 4 is 11.5 Å². The Kier molecular flexibility index (Phi) is 6.28. The summed E-state index contributed by atoms with van der Waals surface area (Å²) in [6, 6.07) is 15.9. The lowest BCUT2D eigenvalue weighted by Crippen LogP contribution is -2.26. The van der Waals surface area contributed by atoms with Gasteiger partial charge in [-0.2, -0.15) is 0 Å². The Morgan fingerprint density at radius 2 is 2.03 bits per heavy atom. The number of hydrogen-bond acceptors (Lipinski definition) is 5. The van der Waals surface area contributed by atoms with E-state index in [9.17, 15) is 14.3 Å². The zero-order valence-corrected chi connectivity index (χ0v) is 17.4. The minimum Gasteiger partial charge on any atom is -0.470 e. The number of carbonyl (C=O) groups excluding carboxylic acids is 1. The van der Waals surface area contributed by atoms with Crippen LogP contribution in [-0.4, -0.2) is 35.1 Å². The lowest BCUT2D eigenvalue weighted by Gasteiger charge is -2.22. The Bertz CT molecular complexity index is 1090. The molecule has 0 bridgehead atoms. The summed E-state index contributed by atoms with van der Waals surface area (Å²) in [6.07, 6.45) is 2.79. The third kappa shape index (κ3) is 4.44. The van der Waals surface area contributed by atoms with Gasteiger partial charge in [0.1, 0.15) is 6.10 Å². The smallest absolute Gasteiger partial charge is 0.250 e. The summed E-state index contributed by atoms with van der Waals surface area (Å²) in [6.45, 7) is 3.10. The van der Waals surface area contributed by atoms with Gasteiger partial charge in [0, 0.05) is 41.5 Å². The largest absolute Gasteiger partial charge is 0.470 e. The second-order valence-corrected chi connectivity index (χ2v) is 7.61. The molecule has 0 aliphatic carbocycles. The highest BCUT2D eigenvalue weighted by molar-refractivity contribution is 6.10. The van der Waals surface area contributed by atoms with Crippen molar-refractivity contribution in [3.63, 3.8) is 0 Å². The standard InChI is InChI=1S/C25H25FN2O3/c1-2-17-6-3-4-7-21(17)24(30)18-9-10-23(19(14-18)16-29)28-13-11-20(15-28)31-25-22(26)8-5-12-27-25/h3-10,12,14,20,29H,2,11,13,15-16H2,1H3. The van der Waals surface area contributed by atoms with Crippen molar-refractivity contribution in [1.29, 1.82) is 0 Å². The molecule has 3 aromatic rings. The minimum absolute atomic E-state index is 0.00673. The fraction of sp³-hybridized carbons (Fsp3) is 0.280. The Labute approximate surface area is 181 Å². The first-order valence-electron chi connectivity index (χ1n) is 10.5. The number of benzene rings is 2. The van der Waals surface area contributed by atoms with Crippen LogP contribution in [0.5, 0.6) is 5.88 Å². The predicted molar refractivity (Wildman–Crippen MR) is 117 cm³/mol. The molecule has 1 aliphatic heterocycles. The number of aromatic nitrogens is 1. The monoisotopic (exact) mass is 420 g/mol. The van der Waals surface area contributed by atoms with Crippen molar-refractivity contribution in [3.05, 3.63) is 88.9 Å². The van der Waals surface area contributed by atoms with E-state index in [2.05, 4.69) is 9.88 Å². The highest BCUT2D eigenvalue weighted by atomic mass is 19.1. The van der Waals surface area contributed by atoms with E-state index in [0.717, 1.165) is 17.7 Å². The molecule has 2 aromatic carbocycles. The molecule has 1 aliphatic rings. The van der Waals surface area contributed by atoms with Gasteiger partial charge in [0.15, 0.2) is 11.6 Å². The summed E-state index contributed by atoms with van der Waals surface area (Å²) in [4.78, 5) is 19.1. The SMILES string of the molecule is CCc1ccccc1C(=O)c1ccc(N2CCC(Oc3ncccc3F)C2)c(CO)c1. The van der Waals surface area contributed by atoms with E-state index >= 15 is 0 Å². The molecule has 1 fully saturated rings. The normalized spacial score (nSPS) is 15.8. The second-order valence-electron chi connectivity index (χ2n) is 7.61. The number of aryl methyl sites for hydroxylation is 1. The van der Waals surface area contributed by atoms with E-state index in [1.54, 1.807) is 12.1 Å². The van der Waals surface area contributed by atoms with Crippen LogP contribution in [0.15, 0.2) is 60.8 Å². The number of carbonyl (C=O) groups is 1. The van der Waals surface area contributed by atoms with Crippen molar-refractivity contribution in [1.82, 2.24) is 4.98 Å². The first-order chi connectivity index (χ1) is 15.1. The molecule has 1 unspecified atom stereocenters. The maximum Gasteiger partial charge on any atom is 0.250 e. The number of halogens is 1. The van der Waals surface area contributed by atoms with Gasteiger partial charge in [0.25, 0.3) is 5.88 Å². The molecule has 5 nitrogen and oxygen atoms in total. The molecule has 0 amide bonds. The topological polar surface area (TPSA) is 62.7 Å². The zero-order valence-electron chi connectivity index (χ0n) is 17.4. The Morgan fingerprint density at radius 3 is 2.81 bits per heavy atom. The van der Waals surface area contributed by atoms with Gasteiger partial charge in [0.05, 0.1) is 13.2 Å². The molecule has 2 heterocycles. The quantitative estimate of drug-likeness (QED) is 0.582. The fourth-order valence-electron chi connectivity index (χ4n) is 4.03. The van der Waals surface area contributed by atoms with Crippen LogP contribution in [0.3, 0.4) is 0 Å². The summed E-state index contributed by atoms with van der Waals surface area (Å²) in [7, 11) is 0. The molecule has 1 aromatic heterocycles. The van der Waals surface area contributed by atoms with Crippen LogP contribution >= 0.6 is 0 Å². The van der Waals surface area contributed by atoms with Crippen molar-refractivity contribution in [3.8, 4) is 5.88 Å². The number of rotatable bonds is 7. The van der Waals surface area contributed by atoms with Crippen LogP contribution in [0, 0.1) is 5.82 Å². The van der Waals surface area contributed by atoms with Gasteiger partial charge in [-0.1, -0.05) is 31.2 Å². The molecule has 0 radical (unpaired) electrons. The van der Waals surface area contributed by atoms with Crippen molar-refractivity contribution in [2.24, 2.45) is 0 Å². The maximum absolute atomic E-state index is 13.8. The number of ether oxygens (including phenoxy) is 1. The number of nitrogens with zero attached hydrogens (tertiary/aromatic N) is 2. The first-order valence-corrected chi connectivity index (χ1v) is 10.5. The van der Waals surface area contributed by atoms with Crippen LogP contribution in [0.1, 0.15) is 40.4 Å². The summed E-state index contributed by atoms with van der Waals surface area (Å²) < 4.78 is 19.6. The van der Waals surface area contributed by atoms with Crippen molar-refractivity contribution < 1.29 is 19.0 Å². The van der Waals surface area contributed by atoms with Crippen LogP contribution in [0.25, 0.3) is 0 Å². The molecule has 6 heteroatoms. The zero-order chi connectivity index (χ0) is 21.8. The molecule has 1 saturated heterocycles. The highest BCUT2D eigenvalue weighted by Gasteiger charge is 2.27. The van der Waals surface area contributed by atoms with Gasteiger partial charge < -0.3 is 14.7 Å². The molecule has 0 spiro atoms. The van der Waals surface area contributed by atoms with Gasteiger partial charge in [0.2, 0.25) is 0 Å². The fourth-order valence-corrected chi connectivity index (χ4v) is 4.03. The molecular formula is C25H25FN2O3. The summed E-state index contributed by atoms with van der Waals surface area (Å²) in [5.41, 5.74) is 3.79. The second kappa shape index (κ2) is 9.27. The summed E-state index contributed by atoms with van der Waals surface area (Å²) in [5, 5.41) is 9.97. The van der Waals surface area contributed by atoms with E-state index in [1.165, 1.54) is 18.3 Å². The Morgan fingerprint density at radius 1 is 1.19 bits per heavy atom. The number of ketones is 1. The highest BCUT2D eigenvalue weighted by Crippen LogP contribution is 2.29. The van der Waals surface area contributed by atoms with E-state index in [4.69, 9.17) is 4.74 Å². The maximum atomic E-state index is 13.8. The van der Waals surface area contributed by atoms with Crippen molar-refractivity contribution in [2.75, 3.05) is 18.0 Å². The Hall–Kier alpha value is -3.25. The van der Waals surface area contributed by atoms with E-state index in [1.807, 2.05) is 37.3 Å². The number of aliphatic hydroxyl groups is 1. The van der Waals surface area contributed by atoms with Gasteiger partial charge in [-0.15, -0.1) is 0 Å². The first kappa shape index (κ1) is 21.0. The average molecular weight is 420 g/mol. The predicted octanol–water partition coefficient (Wildman–Crippen LogP) is 4.16. The van der Waals surface area contributed by atoms with Crippen molar-refractivity contribution in [2.45, 2.75) is 32.5 Å². The van der Waals surface area contributed by atoms with Crippen LogP contribution in [0.2, 0.25) is 0 Å². The van der Waals surface area contributed by atoms with Gasteiger partial charge in [-0.05, 0) is 42.3 Å². The summed E-state index contributed by atoms with van der Waals surface area (Å²) in [5.74, 6) is -0.522. The van der Waals surface area contributed by atoms with Crippen LogP contribution in [0.4, 0.5) is 10.1 Å². The third-order valence-electron chi connectivity index (χ3n) is 5.64. The molecule has 1 N–H and O–H groups in total. The third-order valence-corrected chi connectivity index (χ3v) is 5.64. The van der Waals surface area contributed by atoms with E-state index < -0.39 is 5.82 Å². The lowest BCUT2D eigenvalue weighted by atomic mass is 9.95. The van der Waals surface area contributed by atoms with Crippen LogP contribution < -0.4 is 9.64 Å². The number of pyridine rings is 1. The molecule has 31 heavy (non-hydrogen) atoms. The van der Waals surface area contributed by atoms with Gasteiger partial charge in [-0.3, -0.25) is 4.79 Å². The van der Waals surface area contributed by atoms with Gasteiger partial charge in [-0.25, -0.2) is 9.37 Å². The van der Waals surface area contributed by atoms with Gasteiger partial charge >= 0.3 is 0 Å². The molecular weight excluding hydrogens is 395 g/mol. The molecule has 1 atom stereocenters. The molecule has 160 valence electrons. The molecule has 4 rings (SSSR count). The lowest BCUT2D eigenvalue weighted by molar-refractivity contribution is 0.103. The average Bonchev–Trinajstić information content (AvgIpc) is 3.28.